The molecule has 5 rings (SSSR count). The first-order chi connectivity index (χ1) is 17.6. The highest BCUT2D eigenvalue weighted by molar-refractivity contribution is 5.85. The maximum absolute atomic E-state index is 13.3. The van der Waals surface area contributed by atoms with Crippen molar-refractivity contribution in [3.63, 3.8) is 0 Å². The summed E-state index contributed by atoms with van der Waals surface area (Å²) in [6.45, 7) is 9.28. The first-order valence-corrected chi connectivity index (χ1v) is 13.6. The smallest absolute Gasteiger partial charge is 0.123 e. The van der Waals surface area contributed by atoms with E-state index in [1.54, 1.807) is 12.1 Å². The summed E-state index contributed by atoms with van der Waals surface area (Å²) in [7, 11) is 0. The van der Waals surface area contributed by atoms with Gasteiger partial charge in [-0.25, -0.2) is 4.39 Å². The lowest BCUT2D eigenvalue weighted by atomic mass is 9.93. The zero-order chi connectivity index (χ0) is 24.7. The lowest BCUT2D eigenvalue weighted by Gasteiger charge is -2.32. The summed E-state index contributed by atoms with van der Waals surface area (Å²) < 4.78 is 19.5. The van der Waals surface area contributed by atoms with Crippen LogP contribution in [0.3, 0.4) is 0 Å². The largest absolute Gasteiger partial charge is 0.494 e. The summed E-state index contributed by atoms with van der Waals surface area (Å²) in [5.74, 6) is 1.58. The second kappa shape index (κ2) is 14.9. The molecular formula is C32H41Cl2FN2O. The molecule has 0 unspecified atom stereocenters. The third-order valence-electron chi connectivity index (χ3n) is 7.97. The van der Waals surface area contributed by atoms with Gasteiger partial charge in [0.1, 0.15) is 11.6 Å². The van der Waals surface area contributed by atoms with Gasteiger partial charge in [0.05, 0.1) is 6.61 Å². The maximum atomic E-state index is 13.3. The Kier molecular flexibility index (Phi) is 11.9. The number of halogens is 3. The molecule has 2 heterocycles. The zero-order valence-corrected chi connectivity index (χ0v) is 24.0. The zero-order valence-electron chi connectivity index (χ0n) is 22.4. The lowest BCUT2D eigenvalue weighted by Crippen LogP contribution is -2.33. The number of aryl methyl sites for hydroxylation is 2. The minimum absolute atomic E-state index is 0. The predicted molar refractivity (Wildman–Crippen MR) is 159 cm³/mol. The Bertz CT molecular complexity index is 1130. The Morgan fingerprint density at radius 3 is 2.37 bits per heavy atom. The SMILES string of the molecule is Cc1ccccc1CN1CCC(CCOc2ccc3c(c2)CN(Cc2ccc(F)cc2)CCC3)CC1.Cl.Cl. The monoisotopic (exact) mass is 558 g/mol. The topological polar surface area (TPSA) is 15.7 Å². The average Bonchev–Trinajstić information content (AvgIpc) is 3.09. The Morgan fingerprint density at radius 2 is 1.61 bits per heavy atom. The number of hydrogen-bond donors (Lipinski definition) is 0. The number of rotatable bonds is 8. The van der Waals surface area contributed by atoms with Gasteiger partial charge in [-0.1, -0.05) is 42.5 Å². The second-order valence-corrected chi connectivity index (χ2v) is 10.7. The molecule has 0 aromatic heterocycles. The van der Waals surface area contributed by atoms with E-state index in [2.05, 4.69) is 59.2 Å². The van der Waals surface area contributed by atoms with Crippen molar-refractivity contribution in [2.45, 2.75) is 58.7 Å². The van der Waals surface area contributed by atoms with E-state index in [0.29, 0.717) is 0 Å². The third kappa shape index (κ3) is 8.44. The molecule has 0 spiro atoms. The Morgan fingerprint density at radius 1 is 0.842 bits per heavy atom. The highest BCUT2D eigenvalue weighted by atomic mass is 35.5. The van der Waals surface area contributed by atoms with Crippen molar-refractivity contribution in [3.05, 3.63) is 100 Å². The second-order valence-electron chi connectivity index (χ2n) is 10.7. The fourth-order valence-electron chi connectivity index (χ4n) is 5.68. The van der Waals surface area contributed by atoms with Crippen LogP contribution in [0.4, 0.5) is 4.39 Å². The van der Waals surface area contributed by atoms with Gasteiger partial charge in [0, 0.05) is 19.6 Å². The van der Waals surface area contributed by atoms with Crippen LogP contribution in [0, 0.1) is 18.7 Å². The summed E-state index contributed by atoms with van der Waals surface area (Å²) in [5.41, 5.74) is 6.82. The van der Waals surface area contributed by atoms with E-state index in [-0.39, 0.29) is 30.6 Å². The van der Waals surface area contributed by atoms with E-state index in [9.17, 15) is 4.39 Å². The van der Waals surface area contributed by atoms with E-state index in [1.165, 1.54) is 48.2 Å². The van der Waals surface area contributed by atoms with E-state index in [4.69, 9.17) is 4.74 Å². The van der Waals surface area contributed by atoms with Crippen LogP contribution in [0.5, 0.6) is 5.75 Å². The summed E-state index contributed by atoms with van der Waals surface area (Å²) >= 11 is 0. The van der Waals surface area contributed by atoms with Crippen LogP contribution in [-0.2, 0) is 26.1 Å². The molecule has 6 heteroatoms. The summed E-state index contributed by atoms with van der Waals surface area (Å²) in [6, 6.07) is 22.3. The van der Waals surface area contributed by atoms with Crippen LogP contribution >= 0.6 is 24.8 Å². The number of fused-ring (bicyclic) bond motifs is 1. The molecular weight excluding hydrogens is 518 g/mol. The van der Waals surface area contributed by atoms with Crippen LogP contribution in [0.25, 0.3) is 0 Å². The fraction of sp³-hybridized carbons (Fsp3) is 0.438. The molecule has 0 amide bonds. The highest BCUT2D eigenvalue weighted by Gasteiger charge is 2.20. The van der Waals surface area contributed by atoms with Crippen LogP contribution in [-0.4, -0.2) is 36.0 Å². The Balaban J connectivity index is 0.00000200. The van der Waals surface area contributed by atoms with E-state index in [0.717, 1.165) is 69.3 Å². The van der Waals surface area contributed by atoms with E-state index >= 15 is 0 Å². The molecule has 1 fully saturated rings. The number of nitrogens with zero attached hydrogens (tertiary/aromatic N) is 2. The van der Waals surface area contributed by atoms with Crippen LogP contribution in [0.1, 0.15) is 53.5 Å². The van der Waals surface area contributed by atoms with Crippen molar-refractivity contribution in [2.75, 3.05) is 26.2 Å². The van der Waals surface area contributed by atoms with Crippen LogP contribution in [0.2, 0.25) is 0 Å². The molecule has 1 saturated heterocycles. The Hall–Kier alpha value is -2.11. The molecule has 3 aromatic carbocycles. The van der Waals surface area contributed by atoms with Gasteiger partial charge in [-0.15, -0.1) is 24.8 Å². The standard InChI is InChI=1S/C32H39FN2O.2ClH/c1-25-5-2-3-6-29(25)23-34-18-14-26(15-19-34)16-20-36-32-13-10-28-7-4-17-35(24-30(28)21-32)22-27-8-11-31(33)12-9-27;;/h2-3,5-6,8-13,21,26H,4,7,14-20,22-24H2,1H3;2*1H. The molecule has 0 aliphatic carbocycles. The maximum Gasteiger partial charge on any atom is 0.123 e. The number of benzene rings is 3. The minimum Gasteiger partial charge on any atom is -0.494 e. The van der Waals surface area contributed by atoms with Gasteiger partial charge in [-0.2, -0.15) is 0 Å². The Labute approximate surface area is 240 Å². The summed E-state index contributed by atoms with van der Waals surface area (Å²) in [6.07, 6.45) is 5.91. The number of hydrogen-bond acceptors (Lipinski definition) is 3. The molecule has 0 N–H and O–H groups in total. The molecule has 0 radical (unpaired) electrons. The molecule has 0 saturated carbocycles. The van der Waals surface area contributed by atoms with Crippen molar-refractivity contribution in [2.24, 2.45) is 5.92 Å². The predicted octanol–water partition coefficient (Wildman–Crippen LogP) is 7.61. The minimum atomic E-state index is -0.172. The molecule has 2 aliphatic heterocycles. The molecule has 0 bridgehead atoms. The van der Waals surface area contributed by atoms with E-state index in [1.807, 2.05) is 12.1 Å². The highest BCUT2D eigenvalue weighted by Crippen LogP contribution is 2.26. The summed E-state index contributed by atoms with van der Waals surface area (Å²) in [5, 5.41) is 0. The van der Waals surface area contributed by atoms with Gasteiger partial charge in [-0.05, 0) is 117 Å². The van der Waals surface area contributed by atoms with E-state index < -0.39 is 0 Å². The van der Waals surface area contributed by atoms with Gasteiger partial charge in [0.25, 0.3) is 0 Å². The fourth-order valence-corrected chi connectivity index (χ4v) is 5.68. The van der Waals surface area contributed by atoms with Gasteiger partial charge in [-0.3, -0.25) is 9.80 Å². The molecule has 3 aromatic rings. The molecule has 2 aliphatic rings. The third-order valence-corrected chi connectivity index (χ3v) is 7.97. The van der Waals surface area contributed by atoms with Gasteiger partial charge < -0.3 is 4.74 Å². The van der Waals surface area contributed by atoms with Crippen molar-refractivity contribution >= 4 is 24.8 Å². The normalized spacial score (nSPS) is 16.6. The van der Waals surface area contributed by atoms with Crippen LogP contribution < -0.4 is 4.74 Å². The van der Waals surface area contributed by atoms with Crippen molar-refractivity contribution < 1.29 is 9.13 Å². The molecule has 3 nitrogen and oxygen atoms in total. The lowest BCUT2D eigenvalue weighted by molar-refractivity contribution is 0.157. The van der Waals surface area contributed by atoms with Gasteiger partial charge >= 0.3 is 0 Å². The summed E-state index contributed by atoms with van der Waals surface area (Å²) in [4.78, 5) is 5.07. The van der Waals surface area contributed by atoms with Gasteiger partial charge in [0.15, 0.2) is 0 Å². The molecule has 206 valence electrons. The molecule has 38 heavy (non-hydrogen) atoms. The molecule has 0 atom stereocenters. The van der Waals surface area contributed by atoms with Gasteiger partial charge in [0.2, 0.25) is 0 Å². The van der Waals surface area contributed by atoms with Crippen LogP contribution in [0.15, 0.2) is 66.7 Å². The first-order valence-electron chi connectivity index (χ1n) is 13.6. The number of likely N-dealkylation sites (tertiary alicyclic amines) is 1. The van der Waals surface area contributed by atoms with Crippen molar-refractivity contribution in [1.82, 2.24) is 9.80 Å². The quantitative estimate of drug-likeness (QED) is 0.283. The first kappa shape index (κ1) is 30.4. The number of piperidine rings is 1. The van der Waals surface area contributed by atoms with Crippen molar-refractivity contribution in [1.29, 1.82) is 0 Å². The van der Waals surface area contributed by atoms with Crippen molar-refractivity contribution in [3.8, 4) is 5.75 Å². The average molecular weight is 560 g/mol. The number of ether oxygens (including phenoxy) is 1.